The van der Waals surface area contributed by atoms with Crippen molar-refractivity contribution >= 4 is 23.0 Å². The van der Waals surface area contributed by atoms with Gasteiger partial charge in [-0.15, -0.1) is 0 Å². The minimum Gasteiger partial charge on any atom is -0.475 e. The Morgan fingerprint density at radius 2 is 2.05 bits per heavy atom. The highest BCUT2D eigenvalue weighted by atomic mass is 16.4. The maximum atomic E-state index is 11.9. The predicted molar refractivity (Wildman–Crippen MR) is 146 cm³/mol. The Balaban J connectivity index is 1.65. The van der Waals surface area contributed by atoms with E-state index >= 15 is 0 Å². The quantitative estimate of drug-likeness (QED) is 0.314. The van der Waals surface area contributed by atoms with E-state index in [0.717, 1.165) is 42.8 Å². The van der Waals surface area contributed by atoms with Gasteiger partial charge in [0.05, 0.1) is 0 Å². The Bertz CT molecular complexity index is 1310. The second kappa shape index (κ2) is 11.0. The molecule has 0 bridgehead atoms. The molecule has 8 nitrogen and oxygen atoms in total. The molecule has 1 fully saturated rings. The highest BCUT2D eigenvalue weighted by Gasteiger charge is 2.28. The number of rotatable bonds is 10. The molecule has 3 aromatic rings. The van der Waals surface area contributed by atoms with Crippen molar-refractivity contribution in [2.45, 2.75) is 91.1 Å². The molecule has 2 aliphatic carbocycles. The lowest BCUT2D eigenvalue weighted by atomic mass is 9.80. The lowest BCUT2D eigenvalue weighted by Crippen LogP contribution is -2.31. The number of anilines is 1. The van der Waals surface area contributed by atoms with Crippen LogP contribution < -0.4 is 5.32 Å². The van der Waals surface area contributed by atoms with Crippen molar-refractivity contribution in [3.63, 3.8) is 0 Å². The molecule has 8 heteroatoms. The van der Waals surface area contributed by atoms with Crippen LogP contribution in [0.3, 0.4) is 0 Å². The molecule has 0 radical (unpaired) electrons. The maximum absolute atomic E-state index is 11.9. The van der Waals surface area contributed by atoms with Crippen LogP contribution in [0.25, 0.3) is 22.7 Å². The van der Waals surface area contributed by atoms with E-state index in [9.17, 15) is 9.90 Å². The zero-order valence-electron chi connectivity index (χ0n) is 22.2. The molecule has 0 aromatic carbocycles. The van der Waals surface area contributed by atoms with Gasteiger partial charge in [-0.2, -0.15) is 0 Å². The normalized spacial score (nSPS) is 18.9. The predicted octanol–water partition coefficient (Wildman–Crippen LogP) is 6.28. The number of carboxylic acids is 1. The van der Waals surface area contributed by atoms with Gasteiger partial charge in [-0.1, -0.05) is 44.8 Å². The summed E-state index contributed by atoms with van der Waals surface area (Å²) in [6.07, 6.45) is 14.4. The van der Waals surface area contributed by atoms with Crippen molar-refractivity contribution in [1.82, 2.24) is 24.5 Å². The number of hydrogen-bond donors (Lipinski definition) is 2. The van der Waals surface area contributed by atoms with Gasteiger partial charge in [0.15, 0.2) is 17.3 Å². The first-order valence-corrected chi connectivity index (χ1v) is 13.9. The average molecular weight is 503 g/mol. The Hall–Kier alpha value is -3.29. The highest BCUT2D eigenvalue weighted by molar-refractivity contribution is 5.92. The fourth-order valence-corrected chi connectivity index (χ4v) is 5.56. The van der Waals surface area contributed by atoms with Crippen molar-refractivity contribution in [2.24, 2.45) is 11.8 Å². The molecule has 2 atom stereocenters. The van der Waals surface area contributed by atoms with Crippen molar-refractivity contribution in [2.75, 3.05) is 5.32 Å². The molecule has 37 heavy (non-hydrogen) atoms. The van der Waals surface area contributed by atoms with E-state index in [1.54, 1.807) is 0 Å². The van der Waals surface area contributed by atoms with Crippen LogP contribution in [0.1, 0.15) is 88.3 Å². The molecule has 2 N–H and O–H groups in total. The van der Waals surface area contributed by atoms with Gasteiger partial charge in [0.25, 0.3) is 0 Å². The van der Waals surface area contributed by atoms with E-state index in [1.807, 2.05) is 12.3 Å². The summed E-state index contributed by atoms with van der Waals surface area (Å²) in [5, 5.41) is 13.3. The van der Waals surface area contributed by atoms with E-state index in [-0.39, 0.29) is 11.9 Å². The summed E-state index contributed by atoms with van der Waals surface area (Å²) >= 11 is 0. The van der Waals surface area contributed by atoms with Gasteiger partial charge < -0.3 is 15.0 Å². The topological polar surface area (TPSA) is 106 Å². The van der Waals surface area contributed by atoms with Crippen LogP contribution in [0.5, 0.6) is 0 Å². The van der Waals surface area contributed by atoms with E-state index in [0.29, 0.717) is 29.8 Å². The van der Waals surface area contributed by atoms with E-state index in [2.05, 4.69) is 57.7 Å². The van der Waals surface area contributed by atoms with Crippen LogP contribution in [-0.2, 0) is 13.0 Å². The first kappa shape index (κ1) is 25.4. The minimum absolute atomic E-state index is 0.186. The molecule has 196 valence electrons. The van der Waals surface area contributed by atoms with Crippen molar-refractivity contribution < 1.29 is 9.90 Å². The van der Waals surface area contributed by atoms with Crippen LogP contribution in [0.15, 0.2) is 30.0 Å². The largest absolute Gasteiger partial charge is 0.475 e. The number of nitrogens with one attached hydrogen (secondary N) is 1. The summed E-state index contributed by atoms with van der Waals surface area (Å²) in [6.45, 7) is 7.26. The average Bonchev–Trinajstić information content (AvgIpc) is 3.22. The van der Waals surface area contributed by atoms with Crippen LogP contribution in [0.2, 0.25) is 0 Å². The maximum Gasteiger partial charge on any atom is 0.374 e. The SMILES string of the molecule is CCCc1ccnc(-c2nc3nc(C(=O)O)nc(N[C@H](C)C4CCC4)c3n2CC2=CCC(CC)CC2)c1. The Morgan fingerprint density at radius 1 is 1.22 bits per heavy atom. The van der Waals surface area contributed by atoms with Crippen LogP contribution in [0, 0.1) is 11.8 Å². The Kier molecular flexibility index (Phi) is 7.53. The standard InChI is InChI=1S/C29H38N6O2/c1-4-7-20-14-15-30-23(16-20)28-34-26-24(35(28)17-21-12-10-19(5-2)11-13-21)25(32-27(33-26)29(36)37)31-18(3)22-8-6-9-22/h12,14-16,18-19,22H,4-11,13,17H2,1-3H3,(H,36,37)(H,31,32,33)/t18-,19?/m1/s1. The highest BCUT2D eigenvalue weighted by Crippen LogP contribution is 2.35. The molecule has 1 unspecified atom stereocenters. The van der Waals surface area contributed by atoms with E-state index < -0.39 is 5.97 Å². The third-order valence-corrected chi connectivity index (χ3v) is 8.16. The number of carboxylic acid groups (broad SMARTS) is 1. The van der Waals surface area contributed by atoms with Gasteiger partial charge in [-0.25, -0.2) is 19.7 Å². The molecule has 2 aliphatic rings. The lowest BCUT2D eigenvalue weighted by molar-refractivity contribution is 0.0684. The van der Waals surface area contributed by atoms with Crippen LogP contribution >= 0.6 is 0 Å². The zero-order valence-corrected chi connectivity index (χ0v) is 22.2. The van der Waals surface area contributed by atoms with Crippen molar-refractivity contribution in [3.05, 3.63) is 41.4 Å². The van der Waals surface area contributed by atoms with Gasteiger partial charge in [0.1, 0.15) is 11.2 Å². The number of fused-ring (bicyclic) bond motifs is 1. The number of aryl methyl sites for hydroxylation is 1. The summed E-state index contributed by atoms with van der Waals surface area (Å²) in [6, 6.07) is 4.33. The lowest BCUT2D eigenvalue weighted by Gasteiger charge is -2.32. The van der Waals surface area contributed by atoms with Crippen molar-refractivity contribution in [3.8, 4) is 11.5 Å². The summed E-state index contributed by atoms with van der Waals surface area (Å²) in [4.78, 5) is 30.4. The number of pyridine rings is 1. The molecule has 5 rings (SSSR count). The number of allylic oxidation sites excluding steroid dienone is 2. The van der Waals surface area contributed by atoms with E-state index in [1.165, 1.54) is 43.2 Å². The number of imidazole rings is 1. The summed E-state index contributed by atoms with van der Waals surface area (Å²) in [7, 11) is 0. The van der Waals surface area contributed by atoms with Gasteiger partial charge in [0.2, 0.25) is 5.82 Å². The molecule has 1 saturated carbocycles. The second-order valence-electron chi connectivity index (χ2n) is 10.7. The van der Waals surface area contributed by atoms with Gasteiger partial charge in [-0.05, 0) is 75.0 Å². The minimum atomic E-state index is -1.15. The number of nitrogens with zero attached hydrogens (tertiary/aromatic N) is 5. The number of aromatic nitrogens is 5. The zero-order chi connectivity index (χ0) is 25.9. The molecule has 0 amide bonds. The smallest absolute Gasteiger partial charge is 0.374 e. The first-order chi connectivity index (χ1) is 18.0. The molecule has 3 heterocycles. The molecular formula is C29H38N6O2. The Labute approximate surface area is 218 Å². The third kappa shape index (κ3) is 5.38. The van der Waals surface area contributed by atoms with E-state index in [4.69, 9.17) is 4.98 Å². The number of aromatic carboxylic acids is 1. The van der Waals surface area contributed by atoms with Gasteiger partial charge in [-0.3, -0.25) is 4.98 Å². The fraction of sp³-hybridized carbons (Fsp3) is 0.552. The molecule has 0 spiro atoms. The summed E-state index contributed by atoms with van der Waals surface area (Å²) in [5.41, 5.74) is 4.52. The van der Waals surface area contributed by atoms with Gasteiger partial charge in [0, 0.05) is 18.8 Å². The van der Waals surface area contributed by atoms with Crippen LogP contribution in [-0.4, -0.2) is 41.6 Å². The van der Waals surface area contributed by atoms with Crippen LogP contribution in [0.4, 0.5) is 5.82 Å². The molecular weight excluding hydrogens is 464 g/mol. The number of carbonyl (C=O) groups is 1. The second-order valence-corrected chi connectivity index (χ2v) is 10.7. The van der Waals surface area contributed by atoms with Gasteiger partial charge >= 0.3 is 5.97 Å². The first-order valence-electron chi connectivity index (χ1n) is 13.9. The Morgan fingerprint density at radius 3 is 2.70 bits per heavy atom. The summed E-state index contributed by atoms with van der Waals surface area (Å²) < 4.78 is 2.16. The molecule has 0 saturated heterocycles. The molecule has 3 aromatic heterocycles. The monoisotopic (exact) mass is 502 g/mol. The third-order valence-electron chi connectivity index (χ3n) is 8.16. The fourth-order valence-electron chi connectivity index (χ4n) is 5.56. The summed E-state index contributed by atoms with van der Waals surface area (Å²) in [5.74, 6) is 1.19. The van der Waals surface area contributed by atoms with Crippen molar-refractivity contribution in [1.29, 1.82) is 0 Å². The molecule has 0 aliphatic heterocycles. The number of hydrogen-bond acceptors (Lipinski definition) is 6.